The van der Waals surface area contributed by atoms with Crippen LogP contribution in [0.25, 0.3) is 5.76 Å². The maximum Gasteiger partial charge on any atom is 0.300 e. The first-order valence-electron chi connectivity index (χ1n) is 9.99. The lowest BCUT2D eigenvalue weighted by Crippen LogP contribution is -2.29. The normalized spacial score (nSPS) is 17.4. The molecule has 0 saturated carbocycles. The van der Waals surface area contributed by atoms with Crippen LogP contribution in [0.1, 0.15) is 33.9 Å². The van der Waals surface area contributed by atoms with Crippen molar-refractivity contribution in [2.24, 2.45) is 0 Å². The van der Waals surface area contributed by atoms with Crippen LogP contribution in [0.5, 0.6) is 5.75 Å². The monoisotopic (exact) mass is 424 g/mol. The van der Waals surface area contributed by atoms with Crippen LogP contribution in [0, 0.1) is 25.2 Å². The number of phenolic OH excluding ortho intramolecular Hbond substituents is 1. The van der Waals surface area contributed by atoms with Gasteiger partial charge in [-0.2, -0.15) is 5.26 Å². The molecule has 1 aliphatic heterocycles. The number of ketones is 1. The highest BCUT2D eigenvalue weighted by Crippen LogP contribution is 2.42. The van der Waals surface area contributed by atoms with E-state index in [4.69, 9.17) is 5.26 Å². The van der Waals surface area contributed by atoms with E-state index in [-0.39, 0.29) is 17.1 Å². The molecule has 0 bridgehead atoms. The third kappa shape index (κ3) is 3.50. The smallest absolute Gasteiger partial charge is 0.300 e. The van der Waals surface area contributed by atoms with Gasteiger partial charge < -0.3 is 10.2 Å². The van der Waals surface area contributed by atoms with Crippen LogP contribution in [-0.4, -0.2) is 21.9 Å². The number of hydrogen-bond acceptors (Lipinski definition) is 5. The first-order chi connectivity index (χ1) is 15.3. The summed E-state index contributed by atoms with van der Waals surface area (Å²) in [6, 6.07) is 18.9. The molecule has 6 nitrogen and oxygen atoms in total. The Morgan fingerprint density at radius 2 is 1.59 bits per heavy atom. The second-order valence-electron chi connectivity index (χ2n) is 7.72. The van der Waals surface area contributed by atoms with Crippen molar-refractivity contribution in [1.29, 1.82) is 5.26 Å². The van der Waals surface area contributed by atoms with Gasteiger partial charge in [-0.05, 0) is 73.0 Å². The fourth-order valence-corrected chi connectivity index (χ4v) is 3.81. The SMILES string of the molecule is Cc1ccc(/C(O)=C2/C(=O)C(=O)N(c3ccc(C#N)cc3)C2c2ccc(O)cc2)cc1C. The van der Waals surface area contributed by atoms with Gasteiger partial charge in [-0.25, -0.2) is 0 Å². The topological polar surface area (TPSA) is 102 Å². The number of hydrogen-bond donors (Lipinski definition) is 2. The largest absolute Gasteiger partial charge is 0.508 e. The van der Waals surface area contributed by atoms with E-state index in [1.54, 1.807) is 48.5 Å². The highest BCUT2D eigenvalue weighted by Gasteiger charge is 2.46. The molecule has 4 rings (SSSR count). The minimum Gasteiger partial charge on any atom is -0.508 e. The molecule has 0 aromatic heterocycles. The fourth-order valence-electron chi connectivity index (χ4n) is 3.81. The van der Waals surface area contributed by atoms with Crippen molar-refractivity contribution in [1.82, 2.24) is 0 Å². The van der Waals surface area contributed by atoms with E-state index in [1.807, 2.05) is 26.0 Å². The summed E-state index contributed by atoms with van der Waals surface area (Å²) in [5, 5.41) is 29.9. The van der Waals surface area contributed by atoms with E-state index < -0.39 is 17.7 Å². The summed E-state index contributed by atoms with van der Waals surface area (Å²) in [7, 11) is 0. The van der Waals surface area contributed by atoms with E-state index in [9.17, 15) is 19.8 Å². The van der Waals surface area contributed by atoms with Gasteiger partial charge in [-0.1, -0.05) is 24.3 Å². The zero-order chi connectivity index (χ0) is 23.0. The van der Waals surface area contributed by atoms with E-state index in [2.05, 4.69) is 0 Å². The second kappa shape index (κ2) is 8.05. The standard InChI is InChI=1S/C26H20N2O4/c1-15-3-6-19(13-16(15)2)24(30)22-23(18-7-11-21(29)12-8-18)28(26(32)25(22)31)20-9-4-17(14-27)5-10-20/h3-13,23,29-30H,1-2H3/b24-22-. The lowest BCUT2D eigenvalue weighted by atomic mass is 9.94. The number of benzene rings is 3. The molecule has 2 N–H and O–H groups in total. The zero-order valence-electron chi connectivity index (χ0n) is 17.5. The van der Waals surface area contributed by atoms with Gasteiger partial charge in [0.2, 0.25) is 0 Å². The number of phenols is 1. The number of carbonyl (C=O) groups is 2. The van der Waals surface area contributed by atoms with Gasteiger partial charge in [0.05, 0.1) is 23.2 Å². The fraction of sp³-hybridized carbons (Fsp3) is 0.115. The van der Waals surface area contributed by atoms with Gasteiger partial charge in [0.25, 0.3) is 11.7 Å². The molecule has 1 atom stereocenters. The number of nitriles is 1. The number of aliphatic hydroxyl groups excluding tert-OH is 1. The van der Waals surface area contributed by atoms with E-state index in [1.165, 1.54) is 17.0 Å². The van der Waals surface area contributed by atoms with Crippen molar-refractivity contribution in [3.05, 3.63) is 100 Å². The summed E-state index contributed by atoms with van der Waals surface area (Å²) in [4.78, 5) is 27.5. The van der Waals surface area contributed by atoms with Crippen LogP contribution in [0.15, 0.2) is 72.3 Å². The van der Waals surface area contributed by atoms with Gasteiger partial charge in [-0.15, -0.1) is 0 Å². The van der Waals surface area contributed by atoms with Gasteiger partial charge in [0, 0.05) is 11.3 Å². The Morgan fingerprint density at radius 3 is 2.19 bits per heavy atom. The first-order valence-corrected chi connectivity index (χ1v) is 9.99. The number of aryl methyl sites for hydroxylation is 2. The first kappa shape index (κ1) is 20.9. The van der Waals surface area contributed by atoms with E-state index in [0.29, 0.717) is 22.4 Å². The predicted molar refractivity (Wildman–Crippen MR) is 120 cm³/mol. The third-order valence-corrected chi connectivity index (χ3v) is 5.71. The summed E-state index contributed by atoms with van der Waals surface area (Å²) in [6.07, 6.45) is 0. The highest BCUT2D eigenvalue weighted by molar-refractivity contribution is 6.51. The molecular weight excluding hydrogens is 404 g/mol. The van der Waals surface area contributed by atoms with Gasteiger partial charge in [-0.3, -0.25) is 14.5 Å². The van der Waals surface area contributed by atoms with Crippen LogP contribution in [0.3, 0.4) is 0 Å². The van der Waals surface area contributed by atoms with Crippen molar-refractivity contribution in [3.8, 4) is 11.8 Å². The number of Topliss-reactive ketones (excluding diaryl/α,β-unsaturated/α-hetero) is 1. The maximum absolute atomic E-state index is 13.1. The molecule has 1 unspecified atom stereocenters. The predicted octanol–water partition coefficient (Wildman–Crippen LogP) is 4.51. The molecule has 0 spiro atoms. The summed E-state index contributed by atoms with van der Waals surface area (Å²) in [5.41, 5.74) is 3.77. The lowest BCUT2D eigenvalue weighted by molar-refractivity contribution is -0.132. The Labute approximate surface area is 185 Å². The number of anilines is 1. The molecule has 1 saturated heterocycles. The Bertz CT molecular complexity index is 1300. The van der Waals surface area contributed by atoms with Crippen molar-refractivity contribution in [2.45, 2.75) is 19.9 Å². The molecule has 3 aromatic rings. The van der Waals surface area contributed by atoms with Crippen LogP contribution in [0.2, 0.25) is 0 Å². The van der Waals surface area contributed by atoms with Crippen molar-refractivity contribution < 1.29 is 19.8 Å². The quantitative estimate of drug-likeness (QED) is 0.366. The molecule has 32 heavy (non-hydrogen) atoms. The van der Waals surface area contributed by atoms with Gasteiger partial charge in [0.1, 0.15) is 11.5 Å². The van der Waals surface area contributed by atoms with Gasteiger partial charge >= 0.3 is 0 Å². The van der Waals surface area contributed by atoms with Crippen LogP contribution >= 0.6 is 0 Å². The molecule has 1 heterocycles. The van der Waals surface area contributed by atoms with Crippen LogP contribution in [-0.2, 0) is 9.59 Å². The Kier molecular flexibility index (Phi) is 5.25. The van der Waals surface area contributed by atoms with E-state index in [0.717, 1.165) is 11.1 Å². The van der Waals surface area contributed by atoms with E-state index >= 15 is 0 Å². The molecule has 3 aromatic carbocycles. The summed E-state index contributed by atoms with van der Waals surface area (Å²) < 4.78 is 0. The van der Waals surface area contributed by atoms with Crippen molar-refractivity contribution >= 4 is 23.1 Å². The minimum absolute atomic E-state index is 0.0340. The Hall–Kier alpha value is -4.37. The zero-order valence-corrected chi connectivity index (χ0v) is 17.5. The van der Waals surface area contributed by atoms with Crippen molar-refractivity contribution in [2.75, 3.05) is 4.90 Å². The number of amides is 1. The minimum atomic E-state index is -0.898. The molecule has 0 aliphatic carbocycles. The lowest BCUT2D eigenvalue weighted by Gasteiger charge is -2.25. The number of carbonyl (C=O) groups excluding carboxylic acids is 2. The molecule has 158 valence electrons. The molecule has 1 aliphatic rings. The summed E-state index contributed by atoms with van der Waals surface area (Å²) in [6.45, 7) is 3.85. The number of nitrogens with zero attached hydrogens (tertiary/aromatic N) is 2. The second-order valence-corrected chi connectivity index (χ2v) is 7.72. The van der Waals surface area contributed by atoms with Crippen molar-refractivity contribution in [3.63, 3.8) is 0 Å². The van der Waals surface area contributed by atoms with Crippen LogP contribution < -0.4 is 4.90 Å². The average Bonchev–Trinajstić information content (AvgIpc) is 3.06. The molecular formula is C26H20N2O4. The van der Waals surface area contributed by atoms with Gasteiger partial charge in [0.15, 0.2) is 0 Å². The average molecular weight is 424 g/mol. The molecule has 0 radical (unpaired) electrons. The Morgan fingerprint density at radius 1 is 0.938 bits per heavy atom. The number of aliphatic hydroxyl groups is 1. The van der Waals surface area contributed by atoms with Crippen LogP contribution in [0.4, 0.5) is 5.69 Å². The molecule has 6 heteroatoms. The Balaban J connectivity index is 1.94. The third-order valence-electron chi connectivity index (χ3n) is 5.71. The summed E-state index contributed by atoms with van der Waals surface area (Å²) in [5.74, 6) is -1.81. The summed E-state index contributed by atoms with van der Waals surface area (Å²) >= 11 is 0. The molecule has 1 amide bonds. The highest BCUT2D eigenvalue weighted by atomic mass is 16.3. The maximum atomic E-state index is 13.1. The molecule has 1 fully saturated rings. The number of rotatable bonds is 3. The number of aromatic hydroxyl groups is 1.